The summed E-state index contributed by atoms with van der Waals surface area (Å²) in [5, 5.41) is 11.0. The summed E-state index contributed by atoms with van der Waals surface area (Å²) >= 11 is 5.94. The van der Waals surface area contributed by atoms with E-state index in [0.29, 0.717) is 0 Å². The average molecular weight is 276 g/mol. The molecule has 0 aliphatic heterocycles. The van der Waals surface area contributed by atoms with Gasteiger partial charge in [0, 0.05) is 28.2 Å². The highest BCUT2D eigenvalue weighted by Gasteiger charge is 2.33. The predicted molar refractivity (Wildman–Crippen MR) is 77.8 cm³/mol. The molecule has 1 heterocycles. The summed E-state index contributed by atoms with van der Waals surface area (Å²) in [5.74, 6) is 0. The normalized spacial score (nSPS) is 21.2. The lowest BCUT2D eigenvalue weighted by molar-refractivity contribution is 0.0987. The van der Waals surface area contributed by atoms with E-state index in [1.165, 1.54) is 5.69 Å². The fourth-order valence-electron chi connectivity index (χ4n) is 2.97. The van der Waals surface area contributed by atoms with Crippen molar-refractivity contribution in [2.24, 2.45) is 5.41 Å². The number of fused-ring (bicyclic) bond motifs is 1. The van der Waals surface area contributed by atoms with Gasteiger partial charge >= 0.3 is 0 Å². The first-order valence-corrected chi connectivity index (χ1v) is 6.98. The van der Waals surface area contributed by atoms with Gasteiger partial charge in [0.15, 0.2) is 0 Å². The second kappa shape index (κ2) is 4.39. The quantitative estimate of drug-likeness (QED) is 0.831. The van der Waals surface area contributed by atoms with Crippen molar-refractivity contribution < 1.29 is 5.11 Å². The number of rotatable bonds is 1. The minimum absolute atomic E-state index is 0.134. The van der Waals surface area contributed by atoms with Gasteiger partial charge in [-0.3, -0.25) is 0 Å². The molecule has 2 aromatic rings. The molecule has 1 N–H and O–H groups in total. The number of aliphatic hydroxyl groups excluding tert-OH is 1. The van der Waals surface area contributed by atoms with Crippen LogP contribution in [0.25, 0.3) is 5.69 Å². The van der Waals surface area contributed by atoms with E-state index in [0.717, 1.165) is 29.1 Å². The van der Waals surface area contributed by atoms with Crippen LogP contribution in [-0.2, 0) is 6.42 Å². The Morgan fingerprint density at radius 3 is 2.58 bits per heavy atom. The largest absolute Gasteiger partial charge is 0.388 e. The van der Waals surface area contributed by atoms with Crippen molar-refractivity contribution in [2.45, 2.75) is 32.8 Å². The van der Waals surface area contributed by atoms with Crippen LogP contribution in [0.4, 0.5) is 0 Å². The molecule has 1 unspecified atom stereocenters. The van der Waals surface area contributed by atoms with Crippen LogP contribution in [-0.4, -0.2) is 9.67 Å². The minimum atomic E-state index is -0.354. The van der Waals surface area contributed by atoms with Gasteiger partial charge in [0.25, 0.3) is 0 Å². The summed E-state index contributed by atoms with van der Waals surface area (Å²) in [5.41, 5.74) is 3.51. The fourth-order valence-corrected chi connectivity index (χ4v) is 3.10. The topological polar surface area (TPSA) is 25.2 Å². The molecule has 2 nitrogen and oxygen atoms in total. The van der Waals surface area contributed by atoms with E-state index in [4.69, 9.17) is 11.6 Å². The van der Waals surface area contributed by atoms with Gasteiger partial charge < -0.3 is 9.67 Å². The predicted octanol–water partition coefficient (Wildman–Crippen LogP) is 4.14. The molecule has 0 radical (unpaired) electrons. The van der Waals surface area contributed by atoms with Crippen LogP contribution in [0.3, 0.4) is 0 Å². The van der Waals surface area contributed by atoms with Crippen LogP contribution >= 0.6 is 11.6 Å². The number of hydrogen-bond donors (Lipinski definition) is 1. The first kappa shape index (κ1) is 12.8. The lowest BCUT2D eigenvalue weighted by atomic mass is 9.75. The smallest absolute Gasteiger partial charge is 0.0812 e. The molecule has 1 aliphatic rings. The SMILES string of the molecule is CC1(C)Cc2c(ccn2-c2ccc(Cl)cc2)C(O)C1. The summed E-state index contributed by atoms with van der Waals surface area (Å²) in [4.78, 5) is 0. The third kappa shape index (κ3) is 2.31. The molecule has 0 saturated heterocycles. The third-order valence-corrected chi connectivity index (χ3v) is 4.13. The monoisotopic (exact) mass is 275 g/mol. The van der Waals surface area contributed by atoms with Crippen LogP contribution in [0, 0.1) is 5.41 Å². The van der Waals surface area contributed by atoms with Crippen molar-refractivity contribution in [2.75, 3.05) is 0 Å². The van der Waals surface area contributed by atoms with E-state index in [2.05, 4.69) is 18.4 Å². The first-order chi connectivity index (χ1) is 8.96. The summed E-state index contributed by atoms with van der Waals surface area (Å²) in [6, 6.07) is 9.85. The zero-order valence-electron chi connectivity index (χ0n) is 11.2. The number of aliphatic hydroxyl groups is 1. The van der Waals surface area contributed by atoms with Crippen molar-refractivity contribution in [3.63, 3.8) is 0 Å². The summed E-state index contributed by atoms with van der Waals surface area (Å²) in [6.45, 7) is 4.41. The second-order valence-corrected chi connectivity index (χ2v) is 6.56. The van der Waals surface area contributed by atoms with E-state index in [1.807, 2.05) is 36.5 Å². The molecule has 0 fully saturated rings. The zero-order valence-corrected chi connectivity index (χ0v) is 12.0. The molecule has 1 aromatic heterocycles. The fraction of sp³-hybridized carbons (Fsp3) is 0.375. The van der Waals surface area contributed by atoms with Crippen molar-refractivity contribution >= 4 is 11.6 Å². The average Bonchev–Trinajstić information content (AvgIpc) is 2.72. The second-order valence-electron chi connectivity index (χ2n) is 6.13. The van der Waals surface area contributed by atoms with E-state index >= 15 is 0 Å². The van der Waals surface area contributed by atoms with Gasteiger partial charge in [0.05, 0.1) is 6.10 Å². The molecule has 1 aromatic carbocycles. The number of halogens is 1. The first-order valence-electron chi connectivity index (χ1n) is 6.60. The highest BCUT2D eigenvalue weighted by atomic mass is 35.5. The van der Waals surface area contributed by atoms with Gasteiger partial charge in [-0.25, -0.2) is 0 Å². The summed E-state index contributed by atoms with van der Waals surface area (Å²) in [6.07, 6.45) is 3.49. The molecule has 1 atom stereocenters. The zero-order chi connectivity index (χ0) is 13.6. The summed E-state index contributed by atoms with van der Waals surface area (Å²) in [7, 11) is 0. The van der Waals surface area contributed by atoms with Gasteiger partial charge in [0.2, 0.25) is 0 Å². The van der Waals surface area contributed by atoms with E-state index in [1.54, 1.807) is 0 Å². The lowest BCUT2D eigenvalue weighted by Gasteiger charge is -2.33. The molecule has 0 amide bonds. The van der Waals surface area contributed by atoms with Crippen LogP contribution in [0.1, 0.15) is 37.6 Å². The van der Waals surface area contributed by atoms with Crippen LogP contribution in [0.15, 0.2) is 36.5 Å². The Labute approximate surface area is 118 Å². The molecule has 3 rings (SSSR count). The van der Waals surface area contributed by atoms with Crippen molar-refractivity contribution in [1.29, 1.82) is 0 Å². The van der Waals surface area contributed by atoms with E-state index in [9.17, 15) is 5.11 Å². The van der Waals surface area contributed by atoms with Crippen LogP contribution in [0.5, 0.6) is 0 Å². The highest BCUT2D eigenvalue weighted by molar-refractivity contribution is 6.30. The van der Waals surface area contributed by atoms with E-state index in [-0.39, 0.29) is 11.5 Å². The third-order valence-electron chi connectivity index (χ3n) is 3.88. The van der Waals surface area contributed by atoms with Crippen molar-refractivity contribution in [3.05, 3.63) is 52.8 Å². The molecule has 1 aliphatic carbocycles. The maximum atomic E-state index is 10.3. The number of benzene rings is 1. The number of hydrogen-bond acceptors (Lipinski definition) is 1. The Morgan fingerprint density at radius 1 is 1.21 bits per heavy atom. The molecule has 19 heavy (non-hydrogen) atoms. The number of aromatic nitrogens is 1. The molecule has 3 heteroatoms. The highest BCUT2D eigenvalue weighted by Crippen LogP contribution is 2.41. The Hall–Kier alpha value is -1.25. The van der Waals surface area contributed by atoms with Crippen LogP contribution in [0.2, 0.25) is 5.02 Å². The Morgan fingerprint density at radius 2 is 1.89 bits per heavy atom. The van der Waals surface area contributed by atoms with Gasteiger partial charge in [0.1, 0.15) is 0 Å². The van der Waals surface area contributed by atoms with Gasteiger partial charge in [-0.1, -0.05) is 25.4 Å². The van der Waals surface area contributed by atoms with Crippen molar-refractivity contribution in [1.82, 2.24) is 4.57 Å². The number of nitrogens with zero attached hydrogens (tertiary/aromatic N) is 1. The van der Waals surface area contributed by atoms with Gasteiger partial charge in [-0.05, 0) is 48.6 Å². The Bertz CT molecular complexity index is 598. The van der Waals surface area contributed by atoms with E-state index < -0.39 is 0 Å². The summed E-state index contributed by atoms with van der Waals surface area (Å²) < 4.78 is 2.16. The van der Waals surface area contributed by atoms with Crippen molar-refractivity contribution in [3.8, 4) is 5.69 Å². The van der Waals surface area contributed by atoms with Crippen LogP contribution < -0.4 is 0 Å². The standard InChI is InChI=1S/C16H18ClNO/c1-16(2)9-14-13(15(19)10-16)7-8-18(14)12-5-3-11(17)4-6-12/h3-8,15,19H,9-10H2,1-2H3. The lowest BCUT2D eigenvalue weighted by Crippen LogP contribution is -2.26. The van der Waals surface area contributed by atoms with Gasteiger partial charge in [-0.2, -0.15) is 0 Å². The molecular formula is C16H18ClNO. The Kier molecular flexibility index (Phi) is 2.95. The molecular weight excluding hydrogens is 258 g/mol. The maximum absolute atomic E-state index is 10.3. The maximum Gasteiger partial charge on any atom is 0.0812 e. The molecule has 0 saturated carbocycles. The molecule has 100 valence electrons. The molecule has 0 bridgehead atoms. The van der Waals surface area contributed by atoms with Gasteiger partial charge in [-0.15, -0.1) is 0 Å². The minimum Gasteiger partial charge on any atom is -0.388 e. The Balaban J connectivity index is 2.08. The molecule has 0 spiro atoms.